The number of sulfonamides is 1. The SMILES string of the molecule is O=C[C@@](NS(=O)(=O)c1ccc(Cl)s1)([C@@H](c1cc(F)cc(F)c1)C(F)(F)F)N1C(=O)OC[C@@H]1Cc1ccccc1. The molecule has 0 aliphatic carbocycles. The minimum absolute atomic E-state index is 0.0332. The van der Waals surface area contributed by atoms with Gasteiger partial charge >= 0.3 is 12.3 Å². The largest absolute Gasteiger partial charge is 0.447 e. The Morgan fingerprint density at radius 1 is 1.10 bits per heavy atom. The molecule has 7 nitrogen and oxygen atoms in total. The highest BCUT2D eigenvalue weighted by Crippen LogP contribution is 2.46. The molecule has 0 radical (unpaired) electrons. The number of nitrogens with one attached hydrogen (secondary N) is 1. The second kappa shape index (κ2) is 10.8. The first kappa shape index (κ1) is 28.9. The number of hydrogen-bond acceptors (Lipinski definition) is 6. The van der Waals surface area contributed by atoms with Crippen molar-refractivity contribution in [3.63, 3.8) is 0 Å². The van der Waals surface area contributed by atoms with E-state index in [1.54, 1.807) is 35.1 Å². The summed E-state index contributed by atoms with van der Waals surface area (Å²) in [6.07, 6.45) is -7.51. The lowest BCUT2D eigenvalue weighted by Crippen LogP contribution is -2.69. The Hall–Kier alpha value is -3.07. The monoisotopic (exact) mass is 608 g/mol. The maximum absolute atomic E-state index is 14.8. The molecule has 0 unspecified atom stereocenters. The van der Waals surface area contributed by atoms with Crippen molar-refractivity contribution < 1.29 is 44.7 Å². The molecule has 3 aromatic rings. The predicted molar refractivity (Wildman–Crippen MR) is 131 cm³/mol. The number of alkyl halides is 3. The molecule has 1 amide bonds. The Balaban J connectivity index is 1.97. The maximum Gasteiger partial charge on any atom is 0.412 e. The molecule has 15 heteroatoms. The van der Waals surface area contributed by atoms with E-state index in [2.05, 4.69) is 0 Å². The first-order valence-corrected chi connectivity index (χ1v) is 13.7. The Labute approximate surface area is 228 Å². The van der Waals surface area contributed by atoms with E-state index in [-0.39, 0.29) is 10.8 Å². The zero-order valence-electron chi connectivity index (χ0n) is 19.5. The van der Waals surface area contributed by atoms with Crippen molar-refractivity contribution in [1.29, 1.82) is 0 Å². The third-order valence-electron chi connectivity index (χ3n) is 5.95. The zero-order chi connectivity index (χ0) is 28.6. The topological polar surface area (TPSA) is 92.8 Å². The van der Waals surface area contributed by atoms with Crippen LogP contribution in [-0.2, 0) is 26.0 Å². The van der Waals surface area contributed by atoms with Crippen LogP contribution in [0.25, 0.3) is 0 Å². The van der Waals surface area contributed by atoms with E-state index in [0.29, 0.717) is 40.0 Å². The minimum Gasteiger partial charge on any atom is -0.447 e. The number of halogens is 6. The van der Waals surface area contributed by atoms with Crippen LogP contribution in [0, 0.1) is 11.6 Å². The number of amides is 1. The summed E-state index contributed by atoms with van der Waals surface area (Å²) in [5.41, 5.74) is -4.09. The normalized spacial score (nSPS) is 18.5. The van der Waals surface area contributed by atoms with Gasteiger partial charge in [-0.1, -0.05) is 41.9 Å². The van der Waals surface area contributed by atoms with Gasteiger partial charge in [0, 0.05) is 6.07 Å². The number of benzene rings is 2. The number of nitrogens with zero attached hydrogens (tertiary/aromatic N) is 1. The number of carbonyl (C=O) groups is 2. The summed E-state index contributed by atoms with van der Waals surface area (Å²) < 4.78 is 106. The van der Waals surface area contributed by atoms with Crippen molar-refractivity contribution in [3.8, 4) is 0 Å². The fourth-order valence-electron chi connectivity index (χ4n) is 4.49. The molecule has 4 rings (SSSR count). The first-order valence-electron chi connectivity index (χ1n) is 11.0. The van der Waals surface area contributed by atoms with Crippen LogP contribution in [0.3, 0.4) is 0 Å². The first-order chi connectivity index (χ1) is 18.3. The molecule has 0 bridgehead atoms. The maximum atomic E-state index is 14.8. The molecular weight excluding hydrogens is 591 g/mol. The van der Waals surface area contributed by atoms with E-state index in [4.69, 9.17) is 16.3 Å². The number of aldehydes is 1. The van der Waals surface area contributed by atoms with Gasteiger partial charge in [-0.15, -0.1) is 11.3 Å². The van der Waals surface area contributed by atoms with Gasteiger partial charge in [-0.05, 0) is 41.8 Å². The molecule has 0 saturated carbocycles. The number of hydrogen-bond donors (Lipinski definition) is 1. The minimum atomic E-state index is -5.52. The molecule has 2 heterocycles. The van der Waals surface area contributed by atoms with Crippen LogP contribution in [0.2, 0.25) is 4.34 Å². The second-order valence-electron chi connectivity index (χ2n) is 8.58. The summed E-state index contributed by atoms with van der Waals surface area (Å²) in [6, 6.07) is 9.91. The highest BCUT2D eigenvalue weighted by atomic mass is 35.5. The van der Waals surface area contributed by atoms with Crippen LogP contribution in [0.5, 0.6) is 0 Å². The van der Waals surface area contributed by atoms with Crippen molar-refractivity contribution in [3.05, 3.63) is 87.8 Å². The summed E-state index contributed by atoms with van der Waals surface area (Å²) in [5.74, 6) is -6.10. The van der Waals surface area contributed by atoms with Crippen LogP contribution < -0.4 is 4.72 Å². The van der Waals surface area contributed by atoms with Crippen LogP contribution in [0.4, 0.5) is 26.7 Å². The average Bonchev–Trinajstić information content (AvgIpc) is 3.44. The second-order valence-corrected chi connectivity index (χ2v) is 12.2. The average molecular weight is 609 g/mol. The van der Waals surface area contributed by atoms with Gasteiger partial charge in [0.15, 0.2) is 11.9 Å². The van der Waals surface area contributed by atoms with Gasteiger partial charge in [0.05, 0.1) is 10.4 Å². The summed E-state index contributed by atoms with van der Waals surface area (Å²) in [7, 11) is -4.98. The van der Waals surface area contributed by atoms with Crippen LogP contribution >= 0.6 is 22.9 Å². The van der Waals surface area contributed by atoms with E-state index >= 15 is 0 Å². The lowest BCUT2D eigenvalue weighted by molar-refractivity contribution is -0.182. The summed E-state index contributed by atoms with van der Waals surface area (Å²) in [5, 5.41) is 0. The molecule has 1 aromatic heterocycles. The van der Waals surface area contributed by atoms with Gasteiger partial charge in [-0.2, -0.15) is 17.9 Å². The standard InChI is InChI=1S/C24H18ClF5N2O5S2/c25-19-6-7-20(38-19)39(35,36)31-23(13-33,21(24(28,29)30)15-9-16(26)11-17(27)10-15)32-18(12-37-22(32)34)8-14-4-2-1-3-5-14/h1-7,9-11,13,18,21,31H,8,12H2/t18-,21+,23-/m0/s1. The van der Waals surface area contributed by atoms with Gasteiger partial charge in [0.2, 0.25) is 0 Å². The Morgan fingerprint density at radius 2 is 1.74 bits per heavy atom. The molecule has 208 valence electrons. The van der Waals surface area contributed by atoms with Gasteiger partial charge in [-0.25, -0.2) is 22.0 Å². The summed E-state index contributed by atoms with van der Waals surface area (Å²) >= 11 is 6.29. The van der Waals surface area contributed by atoms with Crippen molar-refractivity contribution in [2.75, 3.05) is 6.61 Å². The predicted octanol–water partition coefficient (Wildman–Crippen LogP) is 5.26. The Kier molecular flexibility index (Phi) is 8.03. The molecule has 0 spiro atoms. The molecule has 2 aromatic carbocycles. The lowest BCUT2D eigenvalue weighted by Gasteiger charge is -2.44. The Morgan fingerprint density at radius 3 is 2.28 bits per heavy atom. The van der Waals surface area contributed by atoms with Crippen molar-refractivity contribution >= 4 is 45.3 Å². The Bertz CT molecular complexity index is 1470. The summed E-state index contributed by atoms with van der Waals surface area (Å²) in [6.45, 7) is -0.502. The highest BCUT2D eigenvalue weighted by Gasteiger charge is 2.63. The third kappa shape index (κ3) is 5.93. The van der Waals surface area contributed by atoms with Crippen LogP contribution in [0.15, 0.2) is 64.9 Å². The summed E-state index contributed by atoms with van der Waals surface area (Å²) in [4.78, 5) is 26.1. The van der Waals surface area contributed by atoms with Crippen molar-refractivity contribution in [2.45, 2.75) is 34.4 Å². The molecule has 1 aliphatic heterocycles. The van der Waals surface area contributed by atoms with Gasteiger partial charge in [0.1, 0.15) is 28.4 Å². The van der Waals surface area contributed by atoms with E-state index in [1.165, 1.54) is 0 Å². The smallest absolute Gasteiger partial charge is 0.412 e. The number of cyclic esters (lactones) is 1. The van der Waals surface area contributed by atoms with E-state index in [9.17, 15) is 40.0 Å². The zero-order valence-corrected chi connectivity index (χ0v) is 21.9. The molecule has 1 N–H and O–H groups in total. The number of carbonyl (C=O) groups excluding carboxylic acids is 2. The fraction of sp³-hybridized carbons (Fsp3) is 0.250. The fourth-order valence-corrected chi connectivity index (χ4v) is 7.28. The molecule has 1 fully saturated rings. The van der Waals surface area contributed by atoms with Crippen molar-refractivity contribution in [2.24, 2.45) is 0 Å². The van der Waals surface area contributed by atoms with Crippen LogP contribution in [-0.4, -0.2) is 50.2 Å². The molecule has 3 atom stereocenters. The van der Waals surface area contributed by atoms with Crippen LogP contribution in [0.1, 0.15) is 17.0 Å². The van der Waals surface area contributed by atoms with E-state index < -0.39 is 74.2 Å². The van der Waals surface area contributed by atoms with Gasteiger partial charge < -0.3 is 4.74 Å². The lowest BCUT2D eigenvalue weighted by atomic mass is 9.84. The number of thiophene rings is 1. The molecular formula is C24H18ClF5N2O5S2. The molecule has 1 saturated heterocycles. The number of ether oxygens (including phenoxy) is 1. The molecule has 39 heavy (non-hydrogen) atoms. The highest BCUT2D eigenvalue weighted by molar-refractivity contribution is 7.91. The van der Waals surface area contributed by atoms with E-state index in [0.717, 1.165) is 12.1 Å². The molecule has 1 aliphatic rings. The third-order valence-corrected chi connectivity index (χ3v) is 9.15. The quantitative estimate of drug-likeness (QED) is 0.264. The van der Waals surface area contributed by atoms with E-state index in [1.807, 2.05) is 0 Å². The number of rotatable bonds is 9. The van der Waals surface area contributed by atoms with Gasteiger partial charge in [0.25, 0.3) is 10.0 Å². The van der Waals surface area contributed by atoms with Gasteiger partial charge in [-0.3, -0.25) is 9.69 Å². The van der Waals surface area contributed by atoms with Crippen molar-refractivity contribution in [1.82, 2.24) is 9.62 Å².